The van der Waals surface area contributed by atoms with Gasteiger partial charge in [-0.3, -0.25) is 4.79 Å². The molecule has 0 bridgehead atoms. The quantitative estimate of drug-likeness (QED) is 0.719. The number of amides is 1. The first-order valence-electron chi connectivity index (χ1n) is 7.24. The third kappa shape index (κ3) is 4.13. The van der Waals surface area contributed by atoms with E-state index in [0.717, 1.165) is 5.56 Å². The number of nitrogens with one attached hydrogen (secondary N) is 1. The van der Waals surface area contributed by atoms with Crippen LogP contribution >= 0.6 is 23.2 Å². The van der Waals surface area contributed by atoms with Crippen LogP contribution in [0.4, 0.5) is 5.69 Å². The molecule has 0 aliphatic heterocycles. The van der Waals surface area contributed by atoms with E-state index in [2.05, 4.69) is 15.5 Å². The molecule has 2 aromatic carbocycles. The maximum atomic E-state index is 12.0. The van der Waals surface area contributed by atoms with Crippen LogP contribution in [-0.4, -0.2) is 16.1 Å². The van der Waals surface area contributed by atoms with Crippen molar-refractivity contribution in [3.8, 4) is 11.5 Å². The van der Waals surface area contributed by atoms with Crippen LogP contribution in [-0.2, 0) is 11.2 Å². The van der Waals surface area contributed by atoms with Crippen molar-refractivity contribution in [2.75, 3.05) is 5.32 Å². The zero-order valence-electron chi connectivity index (χ0n) is 12.5. The molecule has 1 N–H and O–H groups in total. The van der Waals surface area contributed by atoms with Gasteiger partial charge in [0.2, 0.25) is 17.7 Å². The molecule has 1 heterocycles. The van der Waals surface area contributed by atoms with Gasteiger partial charge in [-0.05, 0) is 30.3 Å². The zero-order chi connectivity index (χ0) is 16.9. The number of hydrogen-bond acceptors (Lipinski definition) is 4. The number of carbonyl (C=O) groups excluding carboxylic acids is 1. The van der Waals surface area contributed by atoms with Crippen LogP contribution in [0.1, 0.15) is 12.3 Å². The number of benzene rings is 2. The highest BCUT2D eigenvalue weighted by atomic mass is 35.5. The van der Waals surface area contributed by atoms with Gasteiger partial charge in [0.05, 0.1) is 10.7 Å². The molecule has 0 aliphatic carbocycles. The van der Waals surface area contributed by atoms with Crippen LogP contribution in [0.2, 0.25) is 10.0 Å². The van der Waals surface area contributed by atoms with Crippen LogP contribution in [0.5, 0.6) is 0 Å². The number of hydrogen-bond donors (Lipinski definition) is 1. The molecule has 1 aromatic heterocycles. The first-order chi connectivity index (χ1) is 11.6. The third-order valence-corrected chi connectivity index (χ3v) is 3.82. The van der Waals surface area contributed by atoms with Gasteiger partial charge < -0.3 is 9.73 Å². The monoisotopic (exact) mass is 361 g/mol. The lowest BCUT2D eigenvalue weighted by atomic mass is 10.2. The Labute approximate surface area is 148 Å². The SMILES string of the molecule is O=C(CCc1nnc(-c2ccccc2)o1)Nc1cc(Cl)ccc1Cl. The van der Waals surface area contributed by atoms with E-state index >= 15 is 0 Å². The Kier molecular flexibility index (Phi) is 5.13. The van der Waals surface area contributed by atoms with E-state index in [4.69, 9.17) is 27.6 Å². The van der Waals surface area contributed by atoms with Gasteiger partial charge in [-0.2, -0.15) is 0 Å². The number of nitrogens with zero attached hydrogens (tertiary/aromatic N) is 2. The molecule has 122 valence electrons. The minimum atomic E-state index is -0.210. The highest BCUT2D eigenvalue weighted by Gasteiger charge is 2.11. The Morgan fingerprint density at radius 3 is 2.67 bits per heavy atom. The fourth-order valence-electron chi connectivity index (χ4n) is 2.08. The van der Waals surface area contributed by atoms with E-state index in [1.165, 1.54) is 0 Å². The molecule has 0 unspecified atom stereocenters. The minimum absolute atomic E-state index is 0.194. The summed E-state index contributed by atoms with van der Waals surface area (Å²) < 4.78 is 5.56. The largest absolute Gasteiger partial charge is 0.421 e. The average Bonchev–Trinajstić information content (AvgIpc) is 3.06. The Morgan fingerprint density at radius 1 is 1.08 bits per heavy atom. The summed E-state index contributed by atoms with van der Waals surface area (Å²) in [6.45, 7) is 0. The first kappa shape index (κ1) is 16.5. The second-order valence-electron chi connectivity index (χ2n) is 5.04. The molecule has 24 heavy (non-hydrogen) atoms. The molecule has 0 aliphatic rings. The number of halogens is 2. The van der Waals surface area contributed by atoms with Crippen molar-refractivity contribution in [3.63, 3.8) is 0 Å². The highest BCUT2D eigenvalue weighted by molar-refractivity contribution is 6.35. The van der Waals surface area contributed by atoms with Gasteiger partial charge in [-0.1, -0.05) is 41.4 Å². The van der Waals surface area contributed by atoms with E-state index in [0.29, 0.717) is 33.9 Å². The molecule has 0 atom stereocenters. The van der Waals surface area contributed by atoms with Crippen molar-refractivity contribution < 1.29 is 9.21 Å². The molecule has 0 saturated carbocycles. The number of rotatable bonds is 5. The molecule has 0 radical (unpaired) electrons. The van der Waals surface area contributed by atoms with E-state index in [1.54, 1.807) is 18.2 Å². The Morgan fingerprint density at radius 2 is 1.88 bits per heavy atom. The highest BCUT2D eigenvalue weighted by Crippen LogP contribution is 2.25. The smallest absolute Gasteiger partial charge is 0.247 e. The zero-order valence-corrected chi connectivity index (χ0v) is 14.0. The van der Waals surface area contributed by atoms with Crippen molar-refractivity contribution in [3.05, 3.63) is 64.5 Å². The van der Waals surface area contributed by atoms with Crippen LogP contribution in [0.15, 0.2) is 52.9 Å². The van der Waals surface area contributed by atoms with Crippen LogP contribution < -0.4 is 5.32 Å². The summed E-state index contributed by atoms with van der Waals surface area (Å²) in [5.41, 5.74) is 1.32. The lowest BCUT2D eigenvalue weighted by molar-refractivity contribution is -0.116. The Bertz CT molecular complexity index is 850. The maximum absolute atomic E-state index is 12.0. The van der Waals surface area contributed by atoms with E-state index in [-0.39, 0.29) is 12.3 Å². The summed E-state index contributed by atoms with van der Waals surface area (Å²) in [6, 6.07) is 14.3. The van der Waals surface area contributed by atoms with Gasteiger partial charge >= 0.3 is 0 Å². The van der Waals surface area contributed by atoms with E-state index in [1.807, 2.05) is 30.3 Å². The lowest BCUT2D eigenvalue weighted by Crippen LogP contribution is -2.12. The predicted octanol–water partition coefficient (Wildman–Crippen LogP) is 4.61. The molecular formula is C17H13Cl2N3O2. The third-order valence-electron chi connectivity index (χ3n) is 3.26. The number of anilines is 1. The summed E-state index contributed by atoms with van der Waals surface area (Å²) in [5.74, 6) is 0.628. The molecule has 3 aromatic rings. The average molecular weight is 362 g/mol. The molecular weight excluding hydrogens is 349 g/mol. The van der Waals surface area contributed by atoms with E-state index in [9.17, 15) is 4.79 Å². The number of aryl methyl sites for hydroxylation is 1. The predicted molar refractivity (Wildman–Crippen MR) is 93.1 cm³/mol. The van der Waals surface area contributed by atoms with Gasteiger partial charge in [0.1, 0.15) is 0 Å². The summed E-state index contributed by atoms with van der Waals surface area (Å²) >= 11 is 11.9. The molecule has 5 nitrogen and oxygen atoms in total. The Balaban J connectivity index is 1.59. The fraction of sp³-hybridized carbons (Fsp3) is 0.118. The maximum Gasteiger partial charge on any atom is 0.247 e. The number of aromatic nitrogens is 2. The fourth-order valence-corrected chi connectivity index (χ4v) is 2.42. The molecule has 7 heteroatoms. The molecule has 1 amide bonds. The van der Waals surface area contributed by atoms with Crippen molar-refractivity contribution in [2.45, 2.75) is 12.8 Å². The van der Waals surface area contributed by atoms with Gasteiger partial charge in [0.25, 0.3) is 0 Å². The molecule has 0 fully saturated rings. The van der Waals surface area contributed by atoms with Gasteiger partial charge in [-0.15, -0.1) is 10.2 Å². The van der Waals surface area contributed by atoms with Crippen molar-refractivity contribution in [2.24, 2.45) is 0 Å². The number of carbonyl (C=O) groups is 1. The van der Waals surface area contributed by atoms with E-state index < -0.39 is 0 Å². The normalized spacial score (nSPS) is 10.6. The topological polar surface area (TPSA) is 68.0 Å². The van der Waals surface area contributed by atoms with Crippen molar-refractivity contribution in [1.82, 2.24) is 10.2 Å². The first-order valence-corrected chi connectivity index (χ1v) is 8.00. The summed E-state index contributed by atoms with van der Waals surface area (Å²) in [7, 11) is 0. The second-order valence-corrected chi connectivity index (χ2v) is 5.88. The van der Waals surface area contributed by atoms with Crippen LogP contribution in [0.3, 0.4) is 0 Å². The molecule has 0 saturated heterocycles. The molecule has 0 spiro atoms. The summed E-state index contributed by atoms with van der Waals surface area (Å²) in [4.78, 5) is 12.0. The lowest BCUT2D eigenvalue weighted by Gasteiger charge is -2.06. The second kappa shape index (κ2) is 7.47. The summed E-state index contributed by atoms with van der Waals surface area (Å²) in [6.07, 6.45) is 0.531. The standard InChI is InChI=1S/C17H13Cl2N3O2/c18-12-6-7-13(19)14(10-12)20-15(23)8-9-16-21-22-17(24-16)11-4-2-1-3-5-11/h1-7,10H,8-9H2,(H,20,23). The Hall–Kier alpha value is -2.37. The van der Waals surface area contributed by atoms with Crippen LogP contribution in [0, 0.1) is 0 Å². The molecule has 3 rings (SSSR count). The van der Waals surface area contributed by atoms with Crippen molar-refractivity contribution in [1.29, 1.82) is 0 Å². The van der Waals surface area contributed by atoms with Gasteiger partial charge in [0.15, 0.2) is 0 Å². The van der Waals surface area contributed by atoms with Gasteiger partial charge in [0, 0.05) is 23.4 Å². The van der Waals surface area contributed by atoms with Crippen LogP contribution in [0.25, 0.3) is 11.5 Å². The van der Waals surface area contributed by atoms with Crippen molar-refractivity contribution >= 4 is 34.8 Å². The minimum Gasteiger partial charge on any atom is -0.421 e. The summed E-state index contributed by atoms with van der Waals surface area (Å²) in [5, 5.41) is 11.6. The van der Waals surface area contributed by atoms with Gasteiger partial charge in [-0.25, -0.2) is 0 Å².